The lowest BCUT2D eigenvalue weighted by Gasteiger charge is -2.28. The molecule has 0 spiro atoms. The summed E-state index contributed by atoms with van der Waals surface area (Å²) in [6.45, 7) is 12.4. The van der Waals surface area contributed by atoms with Crippen LogP contribution in [0.5, 0.6) is 0 Å². The van der Waals surface area contributed by atoms with Crippen LogP contribution in [0.25, 0.3) is 5.69 Å². The van der Waals surface area contributed by atoms with Crippen molar-refractivity contribution in [2.45, 2.75) is 53.6 Å². The van der Waals surface area contributed by atoms with Gasteiger partial charge in [0.05, 0.1) is 23.5 Å². The number of rotatable bonds is 5. The number of aromatic nitrogens is 2. The van der Waals surface area contributed by atoms with Gasteiger partial charge in [-0.25, -0.2) is 0 Å². The Hall–Kier alpha value is -3.97. The van der Waals surface area contributed by atoms with Crippen LogP contribution in [0.4, 0.5) is 11.4 Å². The predicted molar refractivity (Wildman–Crippen MR) is 158 cm³/mol. The van der Waals surface area contributed by atoms with Gasteiger partial charge in [-0.2, -0.15) is 0 Å². The summed E-state index contributed by atoms with van der Waals surface area (Å²) in [6.07, 6.45) is 1.82. The van der Waals surface area contributed by atoms with Gasteiger partial charge in [0, 0.05) is 35.9 Å². The van der Waals surface area contributed by atoms with Crippen molar-refractivity contribution >= 4 is 34.6 Å². The molecule has 2 aromatic heterocycles. The van der Waals surface area contributed by atoms with Crippen molar-refractivity contribution < 1.29 is 4.79 Å². The number of hydrogen-bond donors (Lipinski definition) is 2. The molecular weight excluding hydrogens is 490 g/mol. The fraction of sp³-hybridized carbons (Fsp3) is 0.258. The summed E-state index contributed by atoms with van der Waals surface area (Å²) >= 11 is 5.92. The molecule has 38 heavy (non-hydrogen) atoms. The summed E-state index contributed by atoms with van der Waals surface area (Å²) in [5.74, 6) is -0.0988. The average Bonchev–Trinajstić information content (AvgIpc) is 3.35. The Labute approximate surface area is 229 Å². The molecule has 3 heterocycles. The Morgan fingerprint density at radius 3 is 2.26 bits per heavy atom. The SMILES string of the molecule is CC(=O)Nc1ccc(N2C(=S)NC(c3ccccn3)C2c2cc(C)n(-c3c(C)cc(C)cc3C)c2C)cc1. The molecule has 0 radical (unpaired) electrons. The van der Waals surface area contributed by atoms with Crippen molar-refractivity contribution in [1.82, 2.24) is 14.9 Å². The van der Waals surface area contributed by atoms with E-state index in [0.29, 0.717) is 5.11 Å². The van der Waals surface area contributed by atoms with Crippen LogP contribution in [0.2, 0.25) is 0 Å². The molecule has 2 atom stereocenters. The van der Waals surface area contributed by atoms with Gasteiger partial charge in [-0.3, -0.25) is 9.78 Å². The smallest absolute Gasteiger partial charge is 0.221 e. The van der Waals surface area contributed by atoms with Gasteiger partial charge in [-0.05, 0) is 106 Å². The molecule has 0 saturated carbocycles. The van der Waals surface area contributed by atoms with Crippen molar-refractivity contribution in [1.29, 1.82) is 0 Å². The van der Waals surface area contributed by atoms with Gasteiger partial charge < -0.3 is 20.1 Å². The number of anilines is 2. The molecule has 0 bridgehead atoms. The largest absolute Gasteiger partial charge is 0.351 e. The van der Waals surface area contributed by atoms with Crippen LogP contribution >= 0.6 is 12.2 Å². The molecule has 1 saturated heterocycles. The Kier molecular flexibility index (Phi) is 6.80. The Morgan fingerprint density at radius 2 is 1.66 bits per heavy atom. The molecule has 1 amide bonds. The topological polar surface area (TPSA) is 62.2 Å². The van der Waals surface area contributed by atoms with E-state index in [9.17, 15) is 4.79 Å². The zero-order valence-electron chi connectivity index (χ0n) is 22.7. The second kappa shape index (κ2) is 10.1. The number of carbonyl (C=O) groups excluding carboxylic acids is 1. The maximum atomic E-state index is 11.5. The number of hydrogen-bond acceptors (Lipinski definition) is 3. The summed E-state index contributed by atoms with van der Waals surface area (Å²) in [6, 6.07) is 20.3. The highest BCUT2D eigenvalue weighted by Crippen LogP contribution is 2.44. The molecule has 4 aromatic rings. The third-order valence-electron chi connectivity index (χ3n) is 7.21. The van der Waals surface area contributed by atoms with E-state index >= 15 is 0 Å². The van der Waals surface area contributed by atoms with Crippen LogP contribution in [0, 0.1) is 34.6 Å². The van der Waals surface area contributed by atoms with E-state index < -0.39 is 0 Å². The van der Waals surface area contributed by atoms with Gasteiger partial charge in [-0.1, -0.05) is 23.8 Å². The number of carbonyl (C=O) groups is 1. The molecule has 2 aromatic carbocycles. The van der Waals surface area contributed by atoms with Crippen LogP contribution in [-0.4, -0.2) is 20.6 Å². The fourth-order valence-corrected chi connectivity index (χ4v) is 6.16. The monoisotopic (exact) mass is 523 g/mol. The van der Waals surface area contributed by atoms with Gasteiger partial charge in [0.2, 0.25) is 5.91 Å². The van der Waals surface area contributed by atoms with Crippen LogP contribution in [0.3, 0.4) is 0 Å². The minimum Gasteiger partial charge on any atom is -0.351 e. The molecule has 0 aliphatic carbocycles. The first-order chi connectivity index (χ1) is 18.2. The molecule has 2 N–H and O–H groups in total. The van der Waals surface area contributed by atoms with Gasteiger partial charge in [0.15, 0.2) is 5.11 Å². The average molecular weight is 524 g/mol. The summed E-state index contributed by atoms with van der Waals surface area (Å²) in [4.78, 5) is 18.4. The molecule has 6 nitrogen and oxygen atoms in total. The lowest BCUT2D eigenvalue weighted by Crippen LogP contribution is -2.29. The van der Waals surface area contributed by atoms with Crippen molar-refractivity contribution in [2.75, 3.05) is 10.2 Å². The quantitative estimate of drug-likeness (QED) is 0.291. The molecule has 1 aliphatic rings. The third kappa shape index (κ3) is 4.58. The number of aryl methyl sites for hydroxylation is 4. The Balaban J connectivity index is 1.66. The highest BCUT2D eigenvalue weighted by atomic mass is 32.1. The first kappa shape index (κ1) is 25.7. The lowest BCUT2D eigenvalue weighted by atomic mass is 9.96. The van der Waals surface area contributed by atoms with Crippen LogP contribution in [0.1, 0.15) is 58.3 Å². The van der Waals surface area contributed by atoms with Gasteiger partial charge >= 0.3 is 0 Å². The minimum absolute atomic E-state index is 0.0988. The van der Waals surface area contributed by atoms with Crippen molar-refractivity contribution in [3.8, 4) is 5.69 Å². The van der Waals surface area contributed by atoms with E-state index in [-0.39, 0.29) is 18.0 Å². The second-order valence-corrected chi connectivity index (χ2v) is 10.5. The molecule has 194 valence electrons. The van der Waals surface area contributed by atoms with Crippen molar-refractivity contribution in [3.63, 3.8) is 0 Å². The van der Waals surface area contributed by atoms with Gasteiger partial charge in [0.1, 0.15) is 0 Å². The number of nitrogens with zero attached hydrogens (tertiary/aromatic N) is 3. The molecule has 2 unspecified atom stereocenters. The minimum atomic E-state index is -0.132. The van der Waals surface area contributed by atoms with Crippen LogP contribution < -0.4 is 15.5 Å². The van der Waals surface area contributed by atoms with Crippen molar-refractivity contribution in [3.05, 3.63) is 106 Å². The maximum Gasteiger partial charge on any atom is 0.221 e. The second-order valence-electron chi connectivity index (χ2n) is 10.1. The Morgan fingerprint density at radius 1 is 0.974 bits per heavy atom. The highest BCUT2D eigenvalue weighted by molar-refractivity contribution is 7.80. The van der Waals surface area contributed by atoms with Crippen molar-refractivity contribution in [2.24, 2.45) is 0 Å². The molecule has 1 fully saturated rings. The number of benzene rings is 2. The zero-order valence-corrected chi connectivity index (χ0v) is 23.5. The molecule has 7 heteroatoms. The van der Waals surface area contributed by atoms with E-state index in [0.717, 1.165) is 17.1 Å². The number of amides is 1. The summed E-state index contributed by atoms with van der Waals surface area (Å²) in [5, 5.41) is 7.04. The lowest BCUT2D eigenvalue weighted by molar-refractivity contribution is -0.114. The zero-order chi connectivity index (χ0) is 27.1. The normalized spacial score (nSPS) is 17.0. The summed E-state index contributed by atoms with van der Waals surface area (Å²) in [7, 11) is 0. The fourth-order valence-electron chi connectivity index (χ4n) is 5.81. The van der Waals surface area contributed by atoms with E-state index in [1.807, 2.05) is 48.7 Å². The highest BCUT2D eigenvalue weighted by Gasteiger charge is 2.42. The molecular formula is C31H33N5OS. The van der Waals surface area contributed by atoms with E-state index in [2.05, 4.69) is 72.9 Å². The van der Waals surface area contributed by atoms with Gasteiger partial charge in [0.25, 0.3) is 0 Å². The van der Waals surface area contributed by atoms with Crippen LogP contribution in [0.15, 0.2) is 66.9 Å². The standard InChI is InChI=1S/C31H33N5OS/c1-18-15-19(2)29(20(3)16-18)35-21(4)17-26(22(35)5)30-28(27-9-7-8-14-32-27)34-31(38)36(30)25-12-10-24(11-13-25)33-23(6)37/h7-17,28,30H,1-6H3,(H,33,37)(H,34,38). The maximum absolute atomic E-state index is 11.5. The van der Waals surface area contributed by atoms with E-state index in [4.69, 9.17) is 17.2 Å². The number of thiocarbonyl (C=S) groups is 1. The molecule has 5 rings (SSSR count). The van der Waals surface area contributed by atoms with Crippen LogP contribution in [-0.2, 0) is 4.79 Å². The number of nitrogens with one attached hydrogen (secondary N) is 2. The predicted octanol–water partition coefficient (Wildman–Crippen LogP) is 6.55. The third-order valence-corrected chi connectivity index (χ3v) is 7.53. The van der Waals surface area contributed by atoms with Gasteiger partial charge in [-0.15, -0.1) is 0 Å². The summed E-state index contributed by atoms with van der Waals surface area (Å²) in [5.41, 5.74) is 11.2. The Bertz CT molecular complexity index is 1500. The van der Waals surface area contributed by atoms with E-state index in [1.165, 1.54) is 46.3 Å². The van der Waals surface area contributed by atoms with E-state index in [1.54, 1.807) is 0 Å². The number of pyridine rings is 1. The first-order valence-corrected chi connectivity index (χ1v) is 13.2. The molecule has 1 aliphatic heterocycles. The summed E-state index contributed by atoms with van der Waals surface area (Å²) < 4.78 is 2.37. The first-order valence-electron chi connectivity index (χ1n) is 12.8.